The smallest absolute Gasteiger partial charge is 0.325 e. The van der Waals surface area contributed by atoms with Gasteiger partial charge in [0, 0.05) is 18.5 Å². The standard InChI is InChI=1S/C26H39NO7/c1-8-32-21(29)13-11-9-10-12-20(28)27-19-16-14-18(15-17-19)22(23(30)33-25(2,3)4)24(31)34-26(5,6)7/h14-17,22H,8-13H2,1-7H3,(H,27,28). The SMILES string of the molecule is CCOC(=O)CCCCCC(=O)Nc1ccc(C(C(=O)OC(C)(C)C)C(=O)OC(C)(C)C)cc1. The number of anilines is 1. The number of esters is 3. The summed E-state index contributed by atoms with van der Waals surface area (Å²) < 4.78 is 15.8. The van der Waals surface area contributed by atoms with Gasteiger partial charge in [0.1, 0.15) is 11.2 Å². The van der Waals surface area contributed by atoms with Crippen LogP contribution in [0.25, 0.3) is 0 Å². The average molecular weight is 478 g/mol. The largest absolute Gasteiger partial charge is 0.466 e. The minimum absolute atomic E-state index is 0.153. The lowest BCUT2D eigenvalue weighted by molar-refractivity contribution is -0.169. The van der Waals surface area contributed by atoms with Gasteiger partial charge in [-0.3, -0.25) is 19.2 Å². The molecule has 0 saturated carbocycles. The van der Waals surface area contributed by atoms with E-state index in [4.69, 9.17) is 14.2 Å². The van der Waals surface area contributed by atoms with Crippen LogP contribution in [0.4, 0.5) is 5.69 Å². The van der Waals surface area contributed by atoms with Crippen LogP contribution in [0.3, 0.4) is 0 Å². The molecule has 0 heterocycles. The number of nitrogens with one attached hydrogen (secondary N) is 1. The molecule has 0 aromatic heterocycles. The second-order valence-electron chi connectivity index (χ2n) is 10.0. The van der Waals surface area contributed by atoms with Crippen molar-refractivity contribution in [2.45, 2.75) is 97.7 Å². The van der Waals surface area contributed by atoms with Crippen LogP contribution in [0.1, 0.15) is 92.1 Å². The number of rotatable bonds is 11. The zero-order valence-electron chi connectivity index (χ0n) is 21.5. The Morgan fingerprint density at radius 2 is 1.29 bits per heavy atom. The Balaban J connectivity index is 2.74. The van der Waals surface area contributed by atoms with Crippen molar-refractivity contribution in [3.63, 3.8) is 0 Å². The van der Waals surface area contributed by atoms with Crippen LogP contribution in [0, 0.1) is 0 Å². The van der Waals surface area contributed by atoms with E-state index in [2.05, 4.69) is 5.32 Å². The van der Waals surface area contributed by atoms with Gasteiger partial charge in [-0.1, -0.05) is 18.6 Å². The third-order valence-electron chi connectivity index (χ3n) is 4.40. The van der Waals surface area contributed by atoms with E-state index in [0.717, 1.165) is 6.42 Å². The molecule has 0 aliphatic heterocycles. The monoisotopic (exact) mass is 477 g/mol. The van der Waals surface area contributed by atoms with Crippen LogP contribution < -0.4 is 5.32 Å². The predicted molar refractivity (Wildman–Crippen MR) is 129 cm³/mol. The highest BCUT2D eigenvalue weighted by molar-refractivity contribution is 6.01. The molecule has 0 fully saturated rings. The third kappa shape index (κ3) is 11.8. The molecular formula is C26H39NO7. The fourth-order valence-corrected chi connectivity index (χ4v) is 3.04. The first-order chi connectivity index (χ1) is 15.7. The third-order valence-corrected chi connectivity index (χ3v) is 4.40. The first kappa shape index (κ1) is 29.1. The topological polar surface area (TPSA) is 108 Å². The lowest BCUT2D eigenvalue weighted by Crippen LogP contribution is -2.35. The van der Waals surface area contributed by atoms with Crippen LogP contribution >= 0.6 is 0 Å². The van der Waals surface area contributed by atoms with E-state index in [9.17, 15) is 19.2 Å². The zero-order valence-corrected chi connectivity index (χ0v) is 21.5. The molecule has 1 aromatic rings. The second kappa shape index (κ2) is 13.1. The van der Waals surface area contributed by atoms with E-state index < -0.39 is 29.1 Å². The van der Waals surface area contributed by atoms with Crippen molar-refractivity contribution >= 4 is 29.5 Å². The Morgan fingerprint density at radius 1 is 0.794 bits per heavy atom. The molecule has 1 rings (SSSR count). The van der Waals surface area contributed by atoms with E-state index >= 15 is 0 Å². The summed E-state index contributed by atoms with van der Waals surface area (Å²) in [6, 6.07) is 6.48. The number of amides is 1. The summed E-state index contributed by atoms with van der Waals surface area (Å²) in [6.45, 7) is 12.5. The molecule has 0 atom stereocenters. The molecule has 8 nitrogen and oxygen atoms in total. The molecule has 0 aliphatic carbocycles. The molecule has 0 aliphatic rings. The molecular weight excluding hydrogens is 438 g/mol. The molecule has 1 amide bonds. The molecule has 0 spiro atoms. The second-order valence-corrected chi connectivity index (χ2v) is 10.0. The van der Waals surface area contributed by atoms with Gasteiger partial charge >= 0.3 is 17.9 Å². The maximum absolute atomic E-state index is 12.8. The fraction of sp³-hybridized carbons (Fsp3) is 0.615. The molecule has 0 bridgehead atoms. The minimum atomic E-state index is -1.23. The van der Waals surface area contributed by atoms with Crippen molar-refractivity contribution in [3.05, 3.63) is 29.8 Å². The summed E-state index contributed by atoms with van der Waals surface area (Å²) in [5.74, 6) is -2.99. The van der Waals surface area contributed by atoms with Crippen molar-refractivity contribution < 1.29 is 33.4 Å². The van der Waals surface area contributed by atoms with E-state index in [0.29, 0.717) is 43.5 Å². The highest BCUT2D eigenvalue weighted by Crippen LogP contribution is 2.26. The average Bonchev–Trinajstić information content (AvgIpc) is 2.66. The van der Waals surface area contributed by atoms with Crippen molar-refractivity contribution in [2.75, 3.05) is 11.9 Å². The van der Waals surface area contributed by atoms with Gasteiger partial charge < -0.3 is 19.5 Å². The van der Waals surface area contributed by atoms with Gasteiger partial charge in [0.2, 0.25) is 5.91 Å². The zero-order chi connectivity index (χ0) is 25.9. The van der Waals surface area contributed by atoms with Gasteiger partial charge in [-0.25, -0.2) is 0 Å². The Bertz CT molecular complexity index is 804. The molecule has 0 radical (unpaired) electrons. The first-order valence-electron chi connectivity index (χ1n) is 11.7. The summed E-state index contributed by atoms with van der Waals surface area (Å²) in [5, 5.41) is 2.80. The molecule has 8 heteroatoms. The molecule has 190 valence electrons. The molecule has 0 unspecified atom stereocenters. The van der Waals surface area contributed by atoms with Gasteiger partial charge in [-0.15, -0.1) is 0 Å². The van der Waals surface area contributed by atoms with Crippen LogP contribution in [-0.2, 0) is 33.4 Å². The normalized spacial score (nSPS) is 11.6. The van der Waals surface area contributed by atoms with Crippen LogP contribution in [0.2, 0.25) is 0 Å². The molecule has 1 aromatic carbocycles. The number of ether oxygens (including phenoxy) is 3. The van der Waals surface area contributed by atoms with E-state index in [1.54, 1.807) is 72.7 Å². The van der Waals surface area contributed by atoms with Gasteiger partial charge in [-0.2, -0.15) is 0 Å². The van der Waals surface area contributed by atoms with Crippen molar-refractivity contribution in [1.29, 1.82) is 0 Å². The van der Waals surface area contributed by atoms with E-state index in [-0.39, 0.29) is 11.9 Å². The maximum atomic E-state index is 12.8. The highest BCUT2D eigenvalue weighted by atomic mass is 16.6. The van der Waals surface area contributed by atoms with E-state index in [1.807, 2.05) is 0 Å². The number of benzene rings is 1. The lowest BCUT2D eigenvalue weighted by atomic mass is 9.98. The number of carbonyl (C=O) groups excluding carboxylic acids is 4. The van der Waals surface area contributed by atoms with Gasteiger partial charge in [0.05, 0.1) is 6.61 Å². The maximum Gasteiger partial charge on any atom is 0.325 e. The molecule has 34 heavy (non-hydrogen) atoms. The van der Waals surface area contributed by atoms with E-state index in [1.165, 1.54) is 0 Å². The fourth-order valence-electron chi connectivity index (χ4n) is 3.04. The van der Waals surface area contributed by atoms with Gasteiger partial charge in [0.15, 0.2) is 5.92 Å². The van der Waals surface area contributed by atoms with Crippen LogP contribution in [0.15, 0.2) is 24.3 Å². The number of unbranched alkanes of at least 4 members (excludes halogenated alkanes) is 2. The van der Waals surface area contributed by atoms with Gasteiger partial charge in [-0.05, 0) is 79.0 Å². The van der Waals surface area contributed by atoms with Crippen molar-refractivity contribution in [3.8, 4) is 0 Å². The lowest BCUT2D eigenvalue weighted by Gasteiger charge is -2.26. The molecule has 1 N–H and O–H groups in total. The predicted octanol–water partition coefficient (Wildman–Crippen LogP) is 4.91. The van der Waals surface area contributed by atoms with Crippen molar-refractivity contribution in [1.82, 2.24) is 0 Å². The summed E-state index contributed by atoms with van der Waals surface area (Å²) in [6.07, 6.45) is 2.76. The van der Waals surface area contributed by atoms with Crippen LogP contribution in [-0.4, -0.2) is 41.6 Å². The summed E-state index contributed by atoms with van der Waals surface area (Å²) in [7, 11) is 0. The minimum Gasteiger partial charge on any atom is -0.466 e. The van der Waals surface area contributed by atoms with Crippen LogP contribution in [0.5, 0.6) is 0 Å². The summed E-state index contributed by atoms with van der Waals surface area (Å²) >= 11 is 0. The van der Waals surface area contributed by atoms with Gasteiger partial charge in [0.25, 0.3) is 0 Å². The quantitative estimate of drug-likeness (QED) is 0.209. The Labute approximate surface area is 202 Å². The number of hydrogen-bond acceptors (Lipinski definition) is 7. The summed E-state index contributed by atoms with van der Waals surface area (Å²) in [4.78, 5) is 49.1. The Kier molecular flexibility index (Phi) is 11.2. The number of carbonyl (C=O) groups is 4. The Hall–Kier alpha value is -2.90. The number of hydrogen-bond donors (Lipinski definition) is 1. The first-order valence-corrected chi connectivity index (χ1v) is 11.7. The highest BCUT2D eigenvalue weighted by Gasteiger charge is 2.36. The Morgan fingerprint density at radius 3 is 1.76 bits per heavy atom. The molecule has 0 saturated heterocycles. The summed E-state index contributed by atoms with van der Waals surface area (Å²) in [5.41, 5.74) is -0.559. The van der Waals surface area contributed by atoms with Crippen molar-refractivity contribution in [2.24, 2.45) is 0 Å².